The van der Waals surface area contributed by atoms with Crippen molar-refractivity contribution in [1.82, 2.24) is 25.1 Å². The van der Waals surface area contributed by atoms with E-state index in [0.29, 0.717) is 50.8 Å². The predicted octanol–water partition coefficient (Wildman–Crippen LogP) is 6.57. The van der Waals surface area contributed by atoms with Gasteiger partial charge in [-0.2, -0.15) is 10.4 Å². The minimum absolute atomic E-state index is 0.147. The second-order valence-electron chi connectivity index (χ2n) is 11.8. The molecule has 0 aliphatic carbocycles. The van der Waals surface area contributed by atoms with Crippen molar-refractivity contribution in [3.63, 3.8) is 0 Å². The lowest BCUT2D eigenvalue weighted by Crippen LogP contribution is -2.59. The Kier molecular flexibility index (Phi) is 8.57. The molecular formula is C32H35Cl2N7O3. The maximum absolute atomic E-state index is 10.1. The van der Waals surface area contributed by atoms with E-state index in [0.717, 1.165) is 55.4 Å². The fraction of sp³-hybridized carbons (Fsp3) is 0.438. The fourth-order valence-electron chi connectivity index (χ4n) is 6.29. The number of rotatable bonds is 9. The second kappa shape index (κ2) is 12.4. The van der Waals surface area contributed by atoms with E-state index < -0.39 is 6.10 Å². The number of methoxy groups -OCH3 is 1. The molecule has 1 unspecified atom stereocenters. The van der Waals surface area contributed by atoms with Crippen LogP contribution in [-0.4, -0.2) is 60.1 Å². The molecule has 0 bridgehead atoms. The molecule has 0 radical (unpaired) electrons. The summed E-state index contributed by atoms with van der Waals surface area (Å²) >= 11 is 12.9. The van der Waals surface area contributed by atoms with Gasteiger partial charge in [-0.3, -0.25) is 4.98 Å². The Balaban J connectivity index is 1.43. The van der Waals surface area contributed by atoms with Crippen LogP contribution < -0.4 is 19.7 Å². The van der Waals surface area contributed by atoms with Crippen molar-refractivity contribution in [3.05, 3.63) is 58.0 Å². The molecule has 0 amide bonds. The van der Waals surface area contributed by atoms with Gasteiger partial charge in [0.15, 0.2) is 17.7 Å². The van der Waals surface area contributed by atoms with Crippen LogP contribution >= 0.6 is 23.2 Å². The zero-order valence-corrected chi connectivity index (χ0v) is 26.7. The molecular weight excluding hydrogens is 601 g/mol. The molecule has 2 saturated heterocycles. The van der Waals surface area contributed by atoms with Crippen LogP contribution in [-0.2, 0) is 4.74 Å². The van der Waals surface area contributed by atoms with Crippen molar-refractivity contribution in [3.8, 4) is 28.8 Å². The number of fused-ring (bicyclic) bond motifs is 1. The van der Waals surface area contributed by atoms with Gasteiger partial charge in [0.25, 0.3) is 0 Å². The van der Waals surface area contributed by atoms with E-state index in [9.17, 15) is 5.26 Å². The number of hydrogen-bond acceptors (Lipinski definition) is 9. The van der Waals surface area contributed by atoms with Crippen LogP contribution in [0.15, 0.2) is 36.8 Å². The zero-order valence-electron chi connectivity index (χ0n) is 25.2. The first-order valence-electron chi connectivity index (χ1n) is 14.7. The topological polar surface area (TPSA) is 110 Å². The third kappa shape index (κ3) is 5.66. The molecule has 10 nitrogen and oxygen atoms in total. The van der Waals surface area contributed by atoms with Gasteiger partial charge in [-0.15, -0.1) is 0 Å². The zero-order chi connectivity index (χ0) is 31.0. The van der Waals surface area contributed by atoms with E-state index >= 15 is 0 Å². The highest BCUT2D eigenvalue weighted by molar-refractivity contribution is 6.35. The maximum atomic E-state index is 10.1. The lowest BCUT2D eigenvalue weighted by Gasteiger charge is -2.49. The van der Waals surface area contributed by atoms with Crippen LogP contribution in [0, 0.1) is 16.7 Å². The predicted molar refractivity (Wildman–Crippen MR) is 171 cm³/mol. The van der Waals surface area contributed by atoms with Gasteiger partial charge in [-0.1, -0.05) is 30.1 Å². The Morgan fingerprint density at radius 1 is 1.16 bits per heavy atom. The molecule has 1 aromatic carbocycles. The lowest BCUT2D eigenvalue weighted by atomic mass is 9.81. The summed E-state index contributed by atoms with van der Waals surface area (Å²) in [5, 5.41) is 20.1. The minimum Gasteiger partial charge on any atom is -0.493 e. The Hall–Kier alpha value is -3.62. The summed E-state index contributed by atoms with van der Waals surface area (Å²) in [6.07, 6.45) is 7.06. The van der Waals surface area contributed by atoms with E-state index in [1.54, 1.807) is 25.7 Å². The van der Waals surface area contributed by atoms with Gasteiger partial charge >= 0.3 is 0 Å². The van der Waals surface area contributed by atoms with Crippen LogP contribution in [0.2, 0.25) is 10.0 Å². The number of nitriles is 1. The molecule has 0 spiro atoms. The molecule has 0 saturated carbocycles. The van der Waals surface area contributed by atoms with Gasteiger partial charge in [-0.25, -0.2) is 9.67 Å². The monoisotopic (exact) mass is 635 g/mol. The molecule has 4 aromatic rings. The number of nitrogens with zero attached hydrogens (tertiary/aromatic N) is 6. The Bertz CT molecular complexity index is 1710. The Morgan fingerprint density at radius 3 is 2.59 bits per heavy atom. The molecule has 230 valence electrons. The van der Waals surface area contributed by atoms with Crippen molar-refractivity contribution in [2.75, 3.05) is 45.3 Å². The average molecular weight is 637 g/mol. The van der Waals surface area contributed by atoms with Crippen LogP contribution in [0.4, 0.5) is 5.82 Å². The summed E-state index contributed by atoms with van der Waals surface area (Å²) in [6, 6.07) is 8.06. The van der Waals surface area contributed by atoms with E-state index in [1.807, 2.05) is 36.9 Å². The molecule has 6 rings (SSSR count). The summed E-state index contributed by atoms with van der Waals surface area (Å²) in [6.45, 7) is 7.34. The first-order chi connectivity index (χ1) is 21.2. The van der Waals surface area contributed by atoms with E-state index in [-0.39, 0.29) is 11.6 Å². The SMILES string of the molecule is CNCC1(C)CN(c2ncc(-c3nn(C4CCCCO4)c4cc(OC)c(O[C@H](C)c5c(Cl)cncc5Cl)cc34)cc2C#N)C1. The first-order valence-corrected chi connectivity index (χ1v) is 15.5. The van der Waals surface area contributed by atoms with E-state index in [1.165, 1.54) is 0 Å². The van der Waals surface area contributed by atoms with Gasteiger partial charge < -0.3 is 24.4 Å². The smallest absolute Gasteiger partial charge is 0.162 e. The van der Waals surface area contributed by atoms with Gasteiger partial charge in [-0.05, 0) is 45.4 Å². The average Bonchev–Trinajstić information content (AvgIpc) is 3.38. The van der Waals surface area contributed by atoms with Crippen molar-refractivity contribution in [2.45, 2.75) is 45.4 Å². The maximum Gasteiger partial charge on any atom is 0.162 e. The third-order valence-electron chi connectivity index (χ3n) is 8.33. The number of nitrogens with one attached hydrogen (secondary N) is 1. The van der Waals surface area contributed by atoms with Crippen LogP contribution in [0.5, 0.6) is 11.5 Å². The van der Waals surface area contributed by atoms with Crippen LogP contribution in [0.3, 0.4) is 0 Å². The molecule has 5 heterocycles. The van der Waals surface area contributed by atoms with Crippen molar-refractivity contribution >= 4 is 39.9 Å². The largest absolute Gasteiger partial charge is 0.493 e. The molecule has 2 aliphatic rings. The number of pyridine rings is 2. The number of ether oxygens (including phenoxy) is 3. The molecule has 44 heavy (non-hydrogen) atoms. The second-order valence-corrected chi connectivity index (χ2v) is 12.6. The number of halogens is 2. The standard InChI is InChI=1S/C32H35Cl2N7O3/c1-19(29-23(33)14-37-15-24(29)34)44-27-10-22-25(11-26(27)42-4)41(28-7-5-6-8-43-28)39-30(22)21-9-20(12-35)31(38-13-21)40-17-32(2,18-40)16-36-3/h9-11,13-15,19,28,36H,5-8,16-18H2,1-4H3/t19-,28?/m1/s1. The van der Waals surface area contributed by atoms with Gasteiger partial charge in [0.05, 0.1) is 28.2 Å². The third-order valence-corrected chi connectivity index (χ3v) is 8.93. The Labute approximate surface area is 266 Å². The molecule has 12 heteroatoms. The minimum atomic E-state index is -0.499. The quantitative estimate of drug-likeness (QED) is 0.218. The van der Waals surface area contributed by atoms with Crippen LogP contribution in [0.25, 0.3) is 22.2 Å². The highest BCUT2D eigenvalue weighted by atomic mass is 35.5. The summed E-state index contributed by atoms with van der Waals surface area (Å²) in [5.74, 6) is 1.72. The number of aromatic nitrogens is 4. The van der Waals surface area contributed by atoms with Crippen molar-refractivity contribution < 1.29 is 14.2 Å². The van der Waals surface area contributed by atoms with Gasteiger partial charge in [0.2, 0.25) is 0 Å². The summed E-state index contributed by atoms with van der Waals surface area (Å²) in [5.41, 5.74) is 3.52. The van der Waals surface area contributed by atoms with Gasteiger partial charge in [0, 0.05) is 72.8 Å². The Morgan fingerprint density at radius 2 is 1.93 bits per heavy atom. The first kappa shape index (κ1) is 30.4. The van der Waals surface area contributed by atoms with Gasteiger partial charge in [0.1, 0.15) is 23.7 Å². The number of hydrogen-bond donors (Lipinski definition) is 1. The number of anilines is 1. The van der Waals surface area contributed by atoms with Crippen molar-refractivity contribution in [1.29, 1.82) is 5.26 Å². The number of benzene rings is 1. The molecule has 3 aromatic heterocycles. The highest BCUT2D eigenvalue weighted by Crippen LogP contribution is 2.43. The normalized spacial score (nSPS) is 18.5. The summed E-state index contributed by atoms with van der Waals surface area (Å²) in [4.78, 5) is 11.0. The summed E-state index contributed by atoms with van der Waals surface area (Å²) in [7, 11) is 3.56. The molecule has 2 aliphatic heterocycles. The molecule has 1 N–H and O–H groups in total. The van der Waals surface area contributed by atoms with E-state index in [4.69, 9.17) is 47.5 Å². The lowest BCUT2D eigenvalue weighted by molar-refractivity contribution is -0.0365. The van der Waals surface area contributed by atoms with Crippen LogP contribution in [0.1, 0.15) is 56.6 Å². The van der Waals surface area contributed by atoms with E-state index in [2.05, 4.69) is 28.2 Å². The highest BCUT2D eigenvalue weighted by Gasteiger charge is 2.39. The molecule has 2 atom stereocenters. The van der Waals surface area contributed by atoms with Crippen molar-refractivity contribution in [2.24, 2.45) is 5.41 Å². The summed E-state index contributed by atoms with van der Waals surface area (Å²) < 4.78 is 20.3. The fourth-order valence-corrected chi connectivity index (χ4v) is 6.96. The molecule has 2 fully saturated rings.